The number of thiophene rings is 1. The monoisotopic (exact) mass is 216 g/mol. The summed E-state index contributed by atoms with van der Waals surface area (Å²) in [5, 5.41) is 2.53. The average Bonchev–Trinajstić information content (AvgIpc) is 2.48. The number of hydrogen-bond donors (Lipinski definition) is 0. The molecule has 1 aromatic rings. The summed E-state index contributed by atoms with van der Waals surface area (Å²) in [7, 11) is 0. The van der Waals surface area contributed by atoms with E-state index in [2.05, 4.69) is 0 Å². The average molecular weight is 217 g/mol. The van der Waals surface area contributed by atoms with Crippen LogP contribution < -0.4 is 0 Å². The molecule has 0 amide bonds. The molecule has 0 radical (unpaired) electrons. The van der Waals surface area contributed by atoms with Crippen molar-refractivity contribution in [1.29, 1.82) is 0 Å². The first-order valence-electron chi connectivity index (χ1n) is 3.82. The molecule has 0 atom stereocenters. The molecule has 0 aromatic carbocycles. The Morgan fingerprint density at radius 2 is 2.54 bits per heavy atom. The van der Waals surface area contributed by atoms with Crippen molar-refractivity contribution in [2.24, 2.45) is 0 Å². The van der Waals surface area contributed by atoms with Gasteiger partial charge in [0, 0.05) is 11.0 Å². The Labute approximate surface area is 85.8 Å². The zero-order valence-corrected chi connectivity index (χ0v) is 8.69. The van der Waals surface area contributed by atoms with Crippen LogP contribution in [0.4, 0.5) is 0 Å². The van der Waals surface area contributed by atoms with Gasteiger partial charge in [-0.15, -0.1) is 11.3 Å². The van der Waals surface area contributed by atoms with Gasteiger partial charge in [0.05, 0.1) is 11.6 Å². The van der Waals surface area contributed by atoms with Crippen LogP contribution in [0.2, 0.25) is 5.02 Å². The molecule has 0 fully saturated rings. The molecule has 0 saturated carbocycles. The van der Waals surface area contributed by atoms with E-state index in [4.69, 9.17) is 16.3 Å². The first-order chi connectivity index (χ1) is 6.24. The number of esters is 1. The Bertz CT molecular complexity index is 317. The summed E-state index contributed by atoms with van der Waals surface area (Å²) in [4.78, 5) is 11.8. The Hall–Kier alpha value is -0.800. The van der Waals surface area contributed by atoms with Gasteiger partial charge in [-0.1, -0.05) is 11.6 Å². The summed E-state index contributed by atoms with van der Waals surface area (Å²) >= 11 is 7.29. The SMILES string of the molecule is CCOC(=O)C=Cc1sccc1Cl. The predicted molar refractivity (Wildman–Crippen MR) is 55.0 cm³/mol. The molecule has 0 bridgehead atoms. The van der Waals surface area contributed by atoms with Crippen LogP contribution in [-0.4, -0.2) is 12.6 Å². The van der Waals surface area contributed by atoms with Gasteiger partial charge in [0.15, 0.2) is 0 Å². The molecular formula is C9H9ClO2S. The van der Waals surface area contributed by atoms with Gasteiger partial charge in [0.2, 0.25) is 0 Å². The number of carbonyl (C=O) groups excluding carboxylic acids is 1. The normalized spacial score (nSPS) is 10.6. The van der Waals surface area contributed by atoms with Crippen LogP contribution in [0.5, 0.6) is 0 Å². The van der Waals surface area contributed by atoms with E-state index < -0.39 is 0 Å². The third-order valence-electron chi connectivity index (χ3n) is 1.30. The van der Waals surface area contributed by atoms with E-state index in [1.807, 2.05) is 5.38 Å². The zero-order valence-electron chi connectivity index (χ0n) is 7.12. The first kappa shape index (κ1) is 10.3. The van der Waals surface area contributed by atoms with Crippen LogP contribution in [0.15, 0.2) is 17.5 Å². The highest BCUT2D eigenvalue weighted by Crippen LogP contribution is 2.23. The van der Waals surface area contributed by atoms with Crippen molar-refractivity contribution in [3.05, 3.63) is 27.4 Å². The minimum absolute atomic E-state index is 0.341. The van der Waals surface area contributed by atoms with Crippen molar-refractivity contribution < 1.29 is 9.53 Å². The fraction of sp³-hybridized carbons (Fsp3) is 0.222. The molecule has 0 aliphatic heterocycles. The third-order valence-corrected chi connectivity index (χ3v) is 2.63. The molecule has 0 N–H and O–H groups in total. The highest BCUT2D eigenvalue weighted by atomic mass is 35.5. The second kappa shape index (κ2) is 5.04. The van der Waals surface area contributed by atoms with E-state index in [9.17, 15) is 4.79 Å². The van der Waals surface area contributed by atoms with Crippen LogP contribution in [0.25, 0.3) is 6.08 Å². The molecular weight excluding hydrogens is 208 g/mol. The topological polar surface area (TPSA) is 26.3 Å². The van der Waals surface area contributed by atoms with Gasteiger partial charge in [-0.25, -0.2) is 4.79 Å². The summed E-state index contributed by atoms with van der Waals surface area (Å²) in [6.07, 6.45) is 3.03. The predicted octanol–water partition coefficient (Wildman–Crippen LogP) is 2.98. The Balaban J connectivity index is 2.58. The van der Waals surface area contributed by atoms with Crippen molar-refractivity contribution in [2.45, 2.75) is 6.92 Å². The molecule has 1 aromatic heterocycles. The molecule has 0 spiro atoms. The number of halogens is 1. The summed E-state index contributed by atoms with van der Waals surface area (Å²) in [5.41, 5.74) is 0. The fourth-order valence-corrected chi connectivity index (χ4v) is 1.77. The van der Waals surface area contributed by atoms with Crippen molar-refractivity contribution in [1.82, 2.24) is 0 Å². The lowest BCUT2D eigenvalue weighted by atomic mass is 10.4. The zero-order chi connectivity index (χ0) is 9.68. The molecule has 0 saturated heterocycles. The van der Waals surface area contributed by atoms with Gasteiger partial charge in [-0.2, -0.15) is 0 Å². The van der Waals surface area contributed by atoms with Gasteiger partial charge in [-0.3, -0.25) is 0 Å². The van der Waals surface area contributed by atoms with Crippen LogP contribution in [0, 0.1) is 0 Å². The Morgan fingerprint density at radius 3 is 3.08 bits per heavy atom. The van der Waals surface area contributed by atoms with E-state index in [0.717, 1.165) is 4.88 Å². The smallest absolute Gasteiger partial charge is 0.330 e. The van der Waals surface area contributed by atoms with E-state index >= 15 is 0 Å². The largest absolute Gasteiger partial charge is 0.463 e. The maximum atomic E-state index is 10.9. The highest BCUT2D eigenvalue weighted by Gasteiger charge is 1.98. The lowest BCUT2D eigenvalue weighted by molar-refractivity contribution is -0.137. The Morgan fingerprint density at radius 1 is 1.77 bits per heavy atom. The number of hydrogen-bond acceptors (Lipinski definition) is 3. The van der Waals surface area contributed by atoms with Crippen LogP contribution in [0.3, 0.4) is 0 Å². The van der Waals surface area contributed by atoms with Gasteiger partial charge in [0.25, 0.3) is 0 Å². The first-order valence-corrected chi connectivity index (χ1v) is 5.07. The van der Waals surface area contributed by atoms with E-state index in [1.165, 1.54) is 17.4 Å². The van der Waals surface area contributed by atoms with Gasteiger partial charge >= 0.3 is 5.97 Å². The summed E-state index contributed by atoms with van der Waals surface area (Å²) in [5.74, 6) is -0.341. The molecule has 1 heterocycles. The standard InChI is InChI=1S/C9H9ClO2S/c1-2-12-9(11)4-3-8-7(10)5-6-13-8/h3-6H,2H2,1H3. The number of ether oxygens (including phenoxy) is 1. The molecule has 0 aliphatic rings. The molecule has 13 heavy (non-hydrogen) atoms. The minimum atomic E-state index is -0.341. The van der Waals surface area contributed by atoms with Crippen LogP contribution in [-0.2, 0) is 9.53 Å². The summed E-state index contributed by atoms with van der Waals surface area (Å²) in [6, 6.07) is 1.79. The van der Waals surface area contributed by atoms with Crippen LogP contribution in [0.1, 0.15) is 11.8 Å². The summed E-state index contributed by atoms with van der Waals surface area (Å²) < 4.78 is 4.72. The molecule has 1 rings (SSSR count). The molecule has 2 nitrogen and oxygen atoms in total. The van der Waals surface area contributed by atoms with Crippen molar-refractivity contribution in [3.8, 4) is 0 Å². The van der Waals surface area contributed by atoms with E-state index in [1.54, 1.807) is 19.1 Å². The summed E-state index contributed by atoms with van der Waals surface area (Å²) in [6.45, 7) is 2.16. The maximum Gasteiger partial charge on any atom is 0.330 e. The molecule has 70 valence electrons. The third kappa shape index (κ3) is 3.20. The molecule has 4 heteroatoms. The number of carbonyl (C=O) groups is 1. The second-order valence-corrected chi connectivity index (χ2v) is 3.57. The lowest BCUT2D eigenvalue weighted by Gasteiger charge is -1.93. The highest BCUT2D eigenvalue weighted by molar-refractivity contribution is 7.11. The van der Waals surface area contributed by atoms with Gasteiger partial charge < -0.3 is 4.74 Å². The van der Waals surface area contributed by atoms with Crippen LogP contribution >= 0.6 is 22.9 Å². The quantitative estimate of drug-likeness (QED) is 0.574. The van der Waals surface area contributed by atoms with Crippen molar-refractivity contribution >= 4 is 35.0 Å². The van der Waals surface area contributed by atoms with E-state index in [0.29, 0.717) is 11.6 Å². The maximum absolute atomic E-state index is 10.9. The Kier molecular flexibility index (Phi) is 3.99. The second-order valence-electron chi connectivity index (χ2n) is 2.22. The van der Waals surface area contributed by atoms with Gasteiger partial charge in [0.1, 0.15) is 0 Å². The van der Waals surface area contributed by atoms with Gasteiger partial charge in [-0.05, 0) is 24.4 Å². The van der Waals surface area contributed by atoms with Crippen molar-refractivity contribution in [3.63, 3.8) is 0 Å². The molecule has 0 unspecified atom stereocenters. The lowest BCUT2D eigenvalue weighted by Crippen LogP contribution is -1.98. The molecule has 0 aliphatic carbocycles. The van der Waals surface area contributed by atoms with E-state index in [-0.39, 0.29) is 5.97 Å². The van der Waals surface area contributed by atoms with Crippen molar-refractivity contribution in [2.75, 3.05) is 6.61 Å². The minimum Gasteiger partial charge on any atom is -0.463 e. The number of rotatable bonds is 3. The fourth-order valence-electron chi connectivity index (χ4n) is 0.758.